The number of piperidine rings is 1. The molecule has 0 spiro atoms. The summed E-state index contributed by atoms with van der Waals surface area (Å²) in [6, 6.07) is 13.1. The number of carbonyl (C=O) groups excluding carboxylic acids is 1. The number of nitrogens with one attached hydrogen (secondary N) is 2. The van der Waals surface area contributed by atoms with Crippen LogP contribution in [-0.4, -0.2) is 66.9 Å². The Kier molecular flexibility index (Phi) is 11.8. The number of aliphatic hydroxyl groups excluding tert-OH is 1. The highest BCUT2D eigenvalue weighted by molar-refractivity contribution is 7.92. The van der Waals surface area contributed by atoms with Crippen molar-refractivity contribution < 1.29 is 33.0 Å². The molecule has 1 amide bonds. The fourth-order valence-electron chi connectivity index (χ4n) is 5.53. The van der Waals surface area contributed by atoms with E-state index in [4.69, 9.17) is 4.74 Å². The van der Waals surface area contributed by atoms with E-state index in [9.17, 15) is 28.2 Å². The van der Waals surface area contributed by atoms with Crippen LogP contribution in [0.4, 0.5) is 5.69 Å². The van der Waals surface area contributed by atoms with E-state index in [0.717, 1.165) is 50.5 Å². The number of hydrogen-bond donors (Lipinski definition) is 4. The SMILES string of the molecule is CS(=O)(=O)Nc1ccc(Oc2ccc(CN3CCC(C(=O)N[C@@H](C(=O)O)[C@H](O)C4CCCCC4)CC3)cc2)cc1.Cl. The molecule has 1 heterocycles. The van der Waals surface area contributed by atoms with Crippen LogP contribution in [0.1, 0.15) is 50.5 Å². The first-order valence-corrected chi connectivity index (χ1v) is 15.7. The third kappa shape index (κ3) is 9.88. The Labute approximate surface area is 247 Å². The number of benzene rings is 2. The fraction of sp³-hybridized carbons (Fsp3) is 0.517. The van der Waals surface area contributed by atoms with Gasteiger partial charge in [-0.25, -0.2) is 13.2 Å². The Morgan fingerprint density at radius 3 is 2.05 bits per heavy atom. The van der Waals surface area contributed by atoms with Gasteiger partial charge in [0, 0.05) is 18.2 Å². The number of carboxylic acids is 1. The first-order chi connectivity index (χ1) is 19.1. The summed E-state index contributed by atoms with van der Waals surface area (Å²) in [4.78, 5) is 27.0. The summed E-state index contributed by atoms with van der Waals surface area (Å²) in [6.45, 7) is 2.15. The molecule has 41 heavy (non-hydrogen) atoms. The van der Waals surface area contributed by atoms with Crippen molar-refractivity contribution in [2.45, 2.75) is 63.6 Å². The first-order valence-electron chi connectivity index (χ1n) is 13.9. The number of rotatable bonds is 11. The molecule has 0 bridgehead atoms. The molecule has 0 aromatic heterocycles. The average molecular weight is 610 g/mol. The highest BCUT2D eigenvalue weighted by Gasteiger charge is 2.36. The largest absolute Gasteiger partial charge is 0.480 e. The molecule has 10 nitrogen and oxygen atoms in total. The lowest BCUT2D eigenvalue weighted by Gasteiger charge is -2.34. The van der Waals surface area contributed by atoms with Crippen LogP contribution in [0, 0.1) is 11.8 Å². The maximum absolute atomic E-state index is 12.9. The summed E-state index contributed by atoms with van der Waals surface area (Å²) in [6.07, 6.45) is 5.95. The number of carbonyl (C=O) groups is 2. The minimum Gasteiger partial charge on any atom is -0.480 e. The third-order valence-electron chi connectivity index (χ3n) is 7.72. The molecule has 1 saturated carbocycles. The zero-order valence-electron chi connectivity index (χ0n) is 23.2. The van der Waals surface area contributed by atoms with Gasteiger partial charge in [0.05, 0.1) is 12.4 Å². The van der Waals surface area contributed by atoms with Crippen molar-refractivity contribution in [3.8, 4) is 11.5 Å². The van der Waals surface area contributed by atoms with Gasteiger partial charge < -0.3 is 20.3 Å². The van der Waals surface area contributed by atoms with Crippen molar-refractivity contribution in [1.29, 1.82) is 0 Å². The molecule has 2 fully saturated rings. The number of carboxylic acid groups (broad SMARTS) is 1. The Bertz CT molecular complexity index is 1240. The van der Waals surface area contributed by atoms with E-state index in [2.05, 4.69) is 14.9 Å². The fourth-order valence-corrected chi connectivity index (χ4v) is 6.09. The zero-order chi connectivity index (χ0) is 28.7. The number of nitrogens with zero attached hydrogens (tertiary/aromatic N) is 1. The van der Waals surface area contributed by atoms with Crippen LogP contribution in [0.25, 0.3) is 0 Å². The predicted octanol–water partition coefficient (Wildman–Crippen LogP) is 3.99. The van der Waals surface area contributed by atoms with Gasteiger partial charge in [0.2, 0.25) is 15.9 Å². The molecule has 0 unspecified atom stereocenters. The summed E-state index contributed by atoms with van der Waals surface area (Å²) in [5.74, 6) is -0.583. The molecule has 1 aliphatic heterocycles. The van der Waals surface area contributed by atoms with Crippen molar-refractivity contribution in [3.05, 3.63) is 54.1 Å². The molecule has 1 aliphatic carbocycles. The minimum atomic E-state index is -3.33. The lowest BCUT2D eigenvalue weighted by Crippen LogP contribution is -2.54. The maximum atomic E-state index is 12.9. The van der Waals surface area contributed by atoms with Gasteiger partial charge in [-0.1, -0.05) is 31.4 Å². The van der Waals surface area contributed by atoms with Crippen LogP contribution in [-0.2, 0) is 26.2 Å². The number of amides is 1. The number of anilines is 1. The molecule has 2 aromatic carbocycles. The molecule has 4 N–H and O–H groups in total. The van der Waals surface area contributed by atoms with E-state index in [1.54, 1.807) is 24.3 Å². The Morgan fingerprint density at radius 2 is 1.51 bits per heavy atom. The first kappa shape index (κ1) is 32.7. The van der Waals surface area contributed by atoms with Gasteiger partial charge in [0.25, 0.3) is 0 Å². The summed E-state index contributed by atoms with van der Waals surface area (Å²) in [5.41, 5.74) is 1.56. The molecule has 2 aromatic rings. The summed E-state index contributed by atoms with van der Waals surface area (Å²) >= 11 is 0. The molecule has 1 saturated heterocycles. The minimum absolute atomic E-state index is 0. The number of aliphatic carboxylic acids is 1. The maximum Gasteiger partial charge on any atom is 0.328 e. The van der Waals surface area contributed by atoms with Crippen molar-refractivity contribution in [2.75, 3.05) is 24.1 Å². The average Bonchev–Trinajstić information content (AvgIpc) is 2.93. The second-order valence-electron chi connectivity index (χ2n) is 10.9. The quantitative estimate of drug-likeness (QED) is 0.299. The molecule has 0 radical (unpaired) electrons. The lowest BCUT2D eigenvalue weighted by molar-refractivity contribution is -0.147. The smallest absolute Gasteiger partial charge is 0.328 e. The zero-order valence-corrected chi connectivity index (χ0v) is 24.8. The molecule has 226 valence electrons. The van der Waals surface area contributed by atoms with E-state index in [0.29, 0.717) is 43.1 Å². The Hall–Kier alpha value is -2.86. The highest BCUT2D eigenvalue weighted by Crippen LogP contribution is 2.29. The van der Waals surface area contributed by atoms with Gasteiger partial charge in [-0.2, -0.15) is 0 Å². The van der Waals surface area contributed by atoms with Crippen LogP contribution in [0.15, 0.2) is 48.5 Å². The van der Waals surface area contributed by atoms with E-state index >= 15 is 0 Å². The molecular weight excluding hydrogens is 570 g/mol. The van der Waals surface area contributed by atoms with Gasteiger partial charge >= 0.3 is 5.97 Å². The van der Waals surface area contributed by atoms with Crippen LogP contribution in [0.2, 0.25) is 0 Å². The molecule has 4 rings (SSSR count). The Morgan fingerprint density at radius 1 is 0.951 bits per heavy atom. The monoisotopic (exact) mass is 609 g/mol. The number of aliphatic hydroxyl groups is 1. The topological polar surface area (TPSA) is 145 Å². The van der Waals surface area contributed by atoms with Crippen molar-refractivity contribution in [2.24, 2.45) is 11.8 Å². The van der Waals surface area contributed by atoms with Crippen molar-refractivity contribution in [3.63, 3.8) is 0 Å². The predicted molar refractivity (Wildman–Crippen MR) is 159 cm³/mol. The van der Waals surface area contributed by atoms with Crippen LogP contribution < -0.4 is 14.8 Å². The molecular formula is C29H40ClN3O7S. The van der Waals surface area contributed by atoms with E-state index in [1.807, 2.05) is 24.3 Å². The Balaban J connectivity index is 0.00000462. The van der Waals surface area contributed by atoms with Crippen LogP contribution >= 0.6 is 12.4 Å². The normalized spacial score (nSPS) is 18.5. The lowest BCUT2D eigenvalue weighted by atomic mass is 9.82. The van der Waals surface area contributed by atoms with Crippen molar-refractivity contribution in [1.82, 2.24) is 10.2 Å². The van der Waals surface area contributed by atoms with E-state index < -0.39 is 28.1 Å². The van der Waals surface area contributed by atoms with Gasteiger partial charge in [-0.15, -0.1) is 12.4 Å². The molecule has 12 heteroatoms. The van der Waals surface area contributed by atoms with Crippen molar-refractivity contribution >= 4 is 40.0 Å². The number of likely N-dealkylation sites (tertiary alicyclic amines) is 1. The van der Waals surface area contributed by atoms with Crippen LogP contribution in [0.3, 0.4) is 0 Å². The van der Waals surface area contributed by atoms with E-state index in [-0.39, 0.29) is 30.2 Å². The molecule has 2 aliphatic rings. The summed E-state index contributed by atoms with van der Waals surface area (Å²) < 4.78 is 30.9. The second kappa shape index (κ2) is 14.9. The van der Waals surface area contributed by atoms with Gasteiger partial charge in [0.15, 0.2) is 6.04 Å². The van der Waals surface area contributed by atoms with Gasteiger partial charge in [-0.3, -0.25) is 14.4 Å². The number of sulfonamides is 1. The van der Waals surface area contributed by atoms with Crippen LogP contribution in [0.5, 0.6) is 11.5 Å². The number of halogens is 1. The number of hydrogen-bond acceptors (Lipinski definition) is 7. The van der Waals surface area contributed by atoms with Gasteiger partial charge in [-0.05, 0) is 86.7 Å². The standard InChI is InChI=1S/C29H39N3O7S.ClH/c1-40(37,38)31-23-9-13-25(14-10-23)39-24-11-7-20(8-12-24)19-32-17-15-22(16-18-32)28(34)30-26(29(35)36)27(33)21-5-3-2-4-6-21;/h7-14,21-22,26-27,31,33H,2-6,15-19H2,1H3,(H,30,34)(H,35,36);1H/t26-,27-;/m1./s1. The highest BCUT2D eigenvalue weighted by atomic mass is 35.5. The molecule has 2 atom stereocenters. The van der Waals surface area contributed by atoms with E-state index in [1.165, 1.54) is 0 Å². The second-order valence-corrected chi connectivity index (χ2v) is 12.7. The third-order valence-corrected chi connectivity index (χ3v) is 8.33. The number of ether oxygens (including phenoxy) is 1. The summed E-state index contributed by atoms with van der Waals surface area (Å²) in [5, 5.41) is 23.0. The summed E-state index contributed by atoms with van der Waals surface area (Å²) in [7, 11) is -3.33. The van der Waals surface area contributed by atoms with Gasteiger partial charge in [0.1, 0.15) is 11.5 Å².